The van der Waals surface area contributed by atoms with Crippen molar-refractivity contribution < 1.29 is 4.79 Å². The van der Waals surface area contributed by atoms with Crippen LogP contribution >= 0.6 is 23.4 Å². The number of nitrogens with one attached hydrogen (secondary N) is 1. The molecule has 1 aliphatic rings. The highest BCUT2D eigenvalue weighted by Crippen LogP contribution is 2.38. The van der Waals surface area contributed by atoms with Crippen molar-refractivity contribution in [1.29, 1.82) is 0 Å². The Bertz CT molecular complexity index is 654. The van der Waals surface area contributed by atoms with Gasteiger partial charge in [0.1, 0.15) is 0 Å². The third-order valence-electron chi connectivity index (χ3n) is 3.30. The molecule has 0 aliphatic carbocycles. The number of carbonyl (C=O) groups is 1. The lowest BCUT2D eigenvalue weighted by Gasteiger charge is -2.09. The number of hydrogen-bond donors (Lipinski definition) is 1. The maximum atomic E-state index is 12.3. The molecule has 20 heavy (non-hydrogen) atoms. The van der Waals surface area contributed by atoms with Crippen LogP contribution in [0.2, 0.25) is 5.02 Å². The molecular formula is C16H14ClNOS. The molecule has 0 bridgehead atoms. The third kappa shape index (κ3) is 2.84. The van der Waals surface area contributed by atoms with Crippen molar-refractivity contribution in [3.05, 3.63) is 58.6 Å². The lowest BCUT2D eigenvalue weighted by molar-refractivity contribution is -0.115. The summed E-state index contributed by atoms with van der Waals surface area (Å²) in [6.07, 6.45) is 0.791. The van der Waals surface area contributed by atoms with Crippen molar-refractivity contribution in [2.45, 2.75) is 23.5 Å². The van der Waals surface area contributed by atoms with E-state index < -0.39 is 0 Å². The van der Waals surface area contributed by atoms with Gasteiger partial charge in [0.15, 0.2) is 0 Å². The first-order valence-electron chi connectivity index (χ1n) is 6.44. The zero-order chi connectivity index (χ0) is 14.1. The Morgan fingerprint density at radius 2 is 2.00 bits per heavy atom. The number of carbonyl (C=O) groups excluding carboxylic acids is 1. The fraction of sp³-hybridized carbons (Fsp3) is 0.188. The predicted molar refractivity (Wildman–Crippen MR) is 84.6 cm³/mol. The number of thioether (sulfide) groups is 1. The maximum Gasteiger partial charge on any atom is 0.238 e. The molecule has 0 saturated heterocycles. The number of halogens is 1. The summed E-state index contributed by atoms with van der Waals surface area (Å²) in [5.74, 6) is 0.0474. The van der Waals surface area contributed by atoms with Crippen LogP contribution < -0.4 is 5.32 Å². The molecule has 1 amide bonds. The van der Waals surface area contributed by atoms with Gasteiger partial charge in [0.05, 0.1) is 5.25 Å². The van der Waals surface area contributed by atoms with E-state index in [0.29, 0.717) is 5.02 Å². The molecule has 1 heterocycles. The Balaban J connectivity index is 1.69. The van der Waals surface area contributed by atoms with Gasteiger partial charge in [0.2, 0.25) is 5.91 Å². The summed E-state index contributed by atoms with van der Waals surface area (Å²) in [4.78, 5) is 13.5. The number of amides is 1. The Morgan fingerprint density at radius 3 is 2.75 bits per heavy atom. The molecule has 0 spiro atoms. The predicted octanol–water partition coefficient (Wildman–Crippen LogP) is 4.30. The third-order valence-corrected chi connectivity index (χ3v) is 4.85. The summed E-state index contributed by atoms with van der Waals surface area (Å²) >= 11 is 7.48. The molecule has 4 heteroatoms. The second-order valence-electron chi connectivity index (χ2n) is 4.92. The number of fused-ring (bicyclic) bond motifs is 1. The minimum Gasteiger partial charge on any atom is -0.325 e. The van der Waals surface area contributed by atoms with Crippen molar-refractivity contribution >= 4 is 35.0 Å². The van der Waals surface area contributed by atoms with Gasteiger partial charge in [0, 0.05) is 15.6 Å². The normalized spacial score (nSPS) is 16.8. The molecular weight excluding hydrogens is 290 g/mol. The van der Waals surface area contributed by atoms with Gasteiger partial charge in [-0.3, -0.25) is 4.79 Å². The van der Waals surface area contributed by atoms with E-state index >= 15 is 0 Å². The van der Waals surface area contributed by atoms with Crippen LogP contribution in [0.1, 0.15) is 11.1 Å². The number of hydrogen-bond acceptors (Lipinski definition) is 2. The Labute approximate surface area is 127 Å². The van der Waals surface area contributed by atoms with Crippen LogP contribution in [0.25, 0.3) is 0 Å². The Morgan fingerprint density at radius 1 is 1.25 bits per heavy atom. The number of aryl methyl sites for hydroxylation is 1. The molecule has 0 radical (unpaired) electrons. The lowest BCUT2D eigenvalue weighted by atomic mass is 10.1. The molecule has 3 rings (SSSR count). The number of rotatable bonds is 2. The van der Waals surface area contributed by atoms with E-state index in [9.17, 15) is 4.79 Å². The molecule has 2 nitrogen and oxygen atoms in total. The van der Waals surface area contributed by atoms with Crippen molar-refractivity contribution in [2.75, 3.05) is 5.32 Å². The van der Waals surface area contributed by atoms with E-state index in [0.717, 1.165) is 12.1 Å². The first-order valence-corrected chi connectivity index (χ1v) is 7.70. The Hall–Kier alpha value is -1.45. The summed E-state index contributed by atoms with van der Waals surface area (Å²) < 4.78 is 0. The lowest BCUT2D eigenvalue weighted by Crippen LogP contribution is -2.24. The van der Waals surface area contributed by atoms with Gasteiger partial charge in [-0.05, 0) is 49.2 Å². The van der Waals surface area contributed by atoms with Gasteiger partial charge in [-0.2, -0.15) is 0 Å². The van der Waals surface area contributed by atoms with Gasteiger partial charge in [0.25, 0.3) is 0 Å². The topological polar surface area (TPSA) is 29.1 Å². The van der Waals surface area contributed by atoms with Gasteiger partial charge in [-0.25, -0.2) is 0 Å². The largest absolute Gasteiger partial charge is 0.325 e. The van der Waals surface area contributed by atoms with Gasteiger partial charge >= 0.3 is 0 Å². The van der Waals surface area contributed by atoms with E-state index in [-0.39, 0.29) is 11.2 Å². The van der Waals surface area contributed by atoms with Gasteiger partial charge in [-0.1, -0.05) is 29.3 Å². The van der Waals surface area contributed by atoms with Crippen LogP contribution in [0, 0.1) is 6.92 Å². The van der Waals surface area contributed by atoms with Crippen LogP contribution in [-0.2, 0) is 11.2 Å². The van der Waals surface area contributed by atoms with E-state index in [1.807, 2.05) is 12.1 Å². The summed E-state index contributed by atoms with van der Waals surface area (Å²) in [6, 6.07) is 13.5. The molecule has 0 unspecified atom stereocenters. The second-order valence-corrected chi connectivity index (χ2v) is 6.60. The monoisotopic (exact) mass is 303 g/mol. The second kappa shape index (κ2) is 5.51. The number of benzene rings is 2. The van der Waals surface area contributed by atoms with Crippen LogP contribution in [-0.4, -0.2) is 11.2 Å². The van der Waals surface area contributed by atoms with Crippen molar-refractivity contribution in [1.82, 2.24) is 0 Å². The zero-order valence-electron chi connectivity index (χ0n) is 11.0. The van der Waals surface area contributed by atoms with E-state index in [4.69, 9.17) is 11.6 Å². The van der Waals surface area contributed by atoms with Crippen LogP contribution in [0.5, 0.6) is 0 Å². The minimum absolute atomic E-state index is 0.0474. The highest BCUT2D eigenvalue weighted by molar-refractivity contribution is 8.01. The maximum absolute atomic E-state index is 12.3. The smallest absolute Gasteiger partial charge is 0.238 e. The minimum atomic E-state index is -0.0533. The zero-order valence-corrected chi connectivity index (χ0v) is 12.6. The van der Waals surface area contributed by atoms with Crippen LogP contribution in [0.15, 0.2) is 47.4 Å². The summed E-state index contributed by atoms with van der Waals surface area (Å²) in [5.41, 5.74) is 3.28. The highest BCUT2D eigenvalue weighted by atomic mass is 35.5. The molecule has 1 N–H and O–H groups in total. The fourth-order valence-electron chi connectivity index (χ4n) is 2.24. The summed E-state index contributed by atoms with van der Waals surface area (Å²) in [5, 5.41) is 3.56. The van der Waals surface area contributed by atoms with Crippen LogP contribution in [0.4, 0.5) is 5.69 Å². The first-order chi connectivity index (χ1) is 9.61. The average molecular weight is 304 g/mol. The SMILES string of the molecule is Cc1ccc2c(c1)S[C@@H](C(=O)Nc1ccc(Cl)cc1)C2. The first kappa shape index (κ1) is 13.5. The molecule has 102 valence electrons. The van der Waals surface area contributed by atoms with Crippen molar-refractivity contribution in [3.63, 3.8) is 0 Å². The quantitative estimate of drug-likeness (QED) is 0.896. The molecule has 0 saturated carbocycles. The standard InChI is InChI=1S/C16H14ClNOS/c1-10-2-3-11-9-15(20-14(11)8-10)16(19)18-13-6-4-12(17)5-7-13/h2-8,15H,9H2,1H3,(H,18,19)/t15-/m1/s1. The summed E-state index contributed by atoms with van der Waals surface area (Å²) in [7, 11) is 0. The van der Waals surface area contributed by atoms with E-state index in [1.54, 1.807) is 23.9 Å². The van der Waals surface area contributed by atoms with Gasteiger partial charge in [-0.15, -0.1) is 11.8 Å². The summed E-state index contributed by atoms with van der Waals surface area (Å²) in [6.45, 7) is 2.07. The van der Waals surface area contributed by atoms with Crippen LogP contribution in [0.3, 0.4) is 0 Å². The number of anilines is 1. The fourth-order valence-corrected chi connectivity index (χ4v) is 3.66. The highest BCUT2D eigenvalue weighted by Gasteiger charge is 2.28. The van der Waals surface area contributed by atoms with E-state index in [1.165, 1.54) is 16.0 Å². The molecule has 0 aromatic heterocycles. The van der Waals surface area contributed by atoms with Gasteiger partial charge < -0.3 is 5.32 Å². The molecule has 2 aromatic carbocycles. The van der Waals surface area contributed by atoms with E-state index in [2.05, 4.69) is 30.4 Å². The average Bonchev–Trinajstić information content (AvgIpc) is 2.84. The molecule has 1 aliphatic heterocycles. The molecule has 1 atom stereocenters. The van der Waals surface area contributed by atoms with Crippen molar-refractivity contribution in [3.8, 4) is 0 Å². The van der Waals surface area contributed by atoms with Crippen molar-refractivity contribution in [2.24, 2.45) is 0 Å². The Kier molecular flexibility index (Phi) is 3.72. The molecule has 0 fully saturated rings. The molecule has 2 aromatic rings.